The molecule has 0 radical (unpaired) electrons. The third kappa shape index (κ3) is 3.05. The standard InChI is InChI=1S/C11H14N2O3/c1-3-13(7-10(14)15)11(16)9-6-4-5-8(2)12-9/h4-6H,3,7H2,1-2H3,(H,14,15). The van der Waals surface area contributed by atoms with Gasteiger partial charge in [0.1, 0.15) is 12.2 Å². The minimum atomic E-state index is -1.03. The van der Waals surface area contributed by atoms with Crippen LogP contribution in [0.3, 0.4) is 0 Å². The predicted octanol–water partition coefficient (Wildman–Crippen LogP) is 0.937. The van der Waals surface area contributed by atoms with Crippen molar-refractivity contribution in [2.75, 3.05) is 13.1 Å². The number of carbonyl (C=O) groups excluding carboxylic acids is 1. The lowest BCUT2D eigenvalue weighted by atomic mass is 10.3. The van der Waals surface area contributed by atoms with Crippen molar-refractivity contribution in [2.45, 2.75) is 13.8 Å². The second kappa shape index (κ2) is 5.25. The second-order valence-electron chi connectivity index (χ2n) is 3.38. The van der Waals surface area contributed by atoms with Crippen LogP contribution in [0, 0.1) is 6.92 Å². The molecule has 0 atom stereocenters. The molecule has 0 aromatic carbocycles. The van der Waals surface area contributed by atoms with Crippen LogP contribution in [0.4, 0.5) is 0 Å². The van der Waals surface area contributed by atoms with E-state index in [1.165, 1.54) is 4.90 Å². The largest absolute Gasteiger partial charge is 0.480 e. The Morgan fingerprint density at radius 3 is 2.62 bits per heavy atom. The van der Waals surface area contributed by atoms with Crippen molar-refractivity contribution in [1.29, 1.82) is 0 Å². The maximum atomic E-state index is 11.9. The van der Waals surface area contributed by atoms with Gasteiger partial charge in [-0.3, -0.25) is 9.59 Å². The Hall–Kier alpha value is -1.91. The Labute approximate surface area is 93.7 Å². The molecule has 1 heterocycles. The summed E-state index contributed by atoms with van der Waals surface area (Å²) in [4.78, 5) is 27.7. The van der Waals surface area contributed by atoms with E-state index < -0.39 is 5.97 Å². The highest BCUT2D eigenvalue weighted by atomic mass is 16.4. The van der Waals surface area contributed by atoms with Crippen LogP contribution in [0.1, 0.15) is 23.1 Å². The van der Waals surface area contributed by atoms with Crippen LogP contribution in [-0.4, -0.2) is 40.0 Å². The number of amides is 1. The number of pyridine rings is 1. The predicted molar refractivity (Wildman–Crippen MR) is 58.2 cm³/mol. The van der Waals surface area contributed by atoms with Gasteiger partial charge >= 0.3 is 5.97 Å². The molecule has 0 spiro atoms. The molecule has 0 saturated carbocycles. The quantitative estimate of drug-likeness (QED) is 0.822. The molecule has 0 aliphatic heterocycles. The number of hydrogen-bond donors (Lipinski definition) is 1. The molecule has 0 saturated heterocycles. The Bertz CT molecular complexity index is 404. The Kier molecular flexibility index (Phi) is 3.99. The minimum Gasteiger partial charge on any atom is -0.480 e. The molecule has 1 aromatic heterocycles. The maximum Gasteiger partial charge on any atom is 0.323 e. The van der Waals surface area contributed by atoms with Crippen molar-refractivity contribution in [1.82, 2.24) is 9.88 Å². The van der Waals surface area contributed by atoms with Crippen LogP contribution in [0.5, 0.6) is 0 Å². The van der Waals surface area contributed by atoms with E-state index in [9.17, 15) is 9.59 Å². The molecule has 1 rings (SSSR count). The van der Waals surface area contributed by atoms with Gasteiger partial charge in [0.15, 0.2) is 0 Å². The first-order chi connectivity index (χ1) is 7.54. The molecular weight excluding hydrogens is 208 g/mol. The molecule has 5 nitrogen and oxygen atoms in total. The lowest BCUT2D eigenvalue weighted by Crippen LogP contribution is -2.35. The van der Waals surface area contributed by atoms with Gasteiger partial charge in [0.2, 0.25) is 0 Å². The highest BCUT2D eigenvalue weighted by Gasteiger charge is 2.17. The average Bonchev–Trinajstić information content (AvgIpc) is 2.24. The van der Waals surface area contributed by atoms with Crippen molar-refractivity contribution in [3.8, 4) is 0 Å². The number of nitrogens with zero attached hydrogens (tertiary/aromatic N) is 2. The summed E-state index contributed by atoms with van der Waals surface area (Å²) >= 11 is 0. The minimum absolute atomic E-state index is 0.281. The highest BCUT2D eigenvalue weighted by molar-refractivity contribution is 5.94. The van der Waals surface area contributed by atoms with E-state index in [1.54, 1.807) is 32.0 Å². The molecule has 1 N–H and O–H groups in total. The summed E-state index contributed by atoms with van der Waals surface area (Å²) in [7, 11) is 0. The van der Waals surface area contributed by atoms with Gasteiger partial charge in [-0.25, -0.2) is 4.98 Å². The fraction of sp³-hybridized carbons (Fsp3) is 0.364. The van der Waals surface area contributed by atoms with Gasteiger partial charge in [0.05, 0.1) is 0 Å². The molecule has 0 aliphatic carbocycles. The number of hydrogen-bond acceptors (Lipinski definition) is 3. The van der Waals surface area contributed by atoms with E-state index in [4.69, 9.17) is 5.11 Å². The SMILES string of the molecule is CCN(CC(=O)O)C(=O)c1cccc(C)n1. The molecule has 5 heteroatoms. The highest BCUT2D eigenvalue weighted by Crippen LogP contribution is 2.03. The molecule has 0 unspecified atom stereocenters. The van der Waals surface area contributed by atoms with Crippen LogP contribution in [0.15, 0.2) is 18.2 Å². The fourth-order valence-electron chi connectivity index (χ4n) is 1.31. The molecule has 16 heavy (non-hydrogen) atoms. The third-order valence-electron chi connectivity index (χ3n) is 2.10. The van der Waals surface area contributed by atoms with E-state index in [-0.39, 0.29) is 18.1 Å². The van der Waals surface area contributed by atoms with E-state index in [2.05, 4.69) is 4.98 Å². The maximum absolute atomic E-state index is 11.9. The number of carboxylic acids is 1. The Morgan fingerprint density at radius 2 is 2.12 bits per heavy atom. The number of carboxylic acid groups (broad SMARTS) is 1. The monoisotopic (exact) mass is 222 g/mol. The number of likely N-dealkylation sites (N-methyl/N-ethyl adjacent to an activating group) is 1. The first kappa shape index (κ1) is 12.2. The number of aliphatic carboxylic acids is 1. The number of carbonyl (C=O) groups is 2. The molecule has 0 fully saturated rings. The van der Waals surface area contributed by atoms with Crippen LogP contribution < -0.4 is 0 Å². The molecule has 86 valence electrons. The average molecular weight is 222 g/mol. The van der Waals surface area contributed by atoms with Gasteiger partial charge in [-0.1, -0.05) is 6.07 Å². The van der Waals surface area contributed by atoms with Crippen LogP contribution >= 0.6 is 0 Å². The third-order valence-corrected chi connectivity index (χ3v) is 2.10. The summed E-state index contributed by atoms with van der Waals surface area (Å²) in [6.07, 6.45) is 0. The summed E-state index contributed by atoms with van der Waals surface area (Å²) in [5.74, 6) is -1.38. The smallest absolute Gasteiger partial charge is 0.323 e. The fourth-order valence-corrected chi connectivity index (χ4v) is 1.31. The van der Waals surface area contributed by atoms with Crippen LogP contribution in [0.2, 0.25) is 0 Å². The van der Waals surface area contributed by atoms with Gasteiger partial charge < -0.3 is 10.0 Å². The van der Waals surface area contributed by atoms with Gasteiger partial charge in [0.25, 0.3) is 5.91 Å². The van der Waals surface area contributed by atoms with Gasteiger partial charge in [0, 0.05) is 12.2 Å². The molecular formula is C11H14N2O3. The summed E-state index contributed by atoms with van der Waals surface area (Å²) in [5, 5.41) is 8.65. The zero-order chi connectivity index (χ0) is 12.1. The molecule has 1 aromatic rings. The second-order valence-corrected chi connectivity index (χ2v) is 3.38. The van der Waals surface area contributed by atoms with Crippen LogP contribution in [-0.2, 0) is 4.79 Å². The van der Waals surface area contributed by atoms with Crippen molar-refractivity contribution < 1.29 is 14.7 Å². The van der Waals surface area contributed by atoms with Crippen molar-refractivity contribution in [2.24, 2.45) is 0 Å². The first-order valence-electron chi connectivity index (χ1n) is 4.99. The van der Waals surface area contributed by atoms with Gasteiger partial charge in [-0.15, -0.1) is 0 Å². The summed E-state index contributed by atoms with van der Waals surface area (Å²) in [5.41, 5.74) is 1.01. The zero-order valence-electron chi connectivity index (χ0n) is 9.30. The molecule has 0 aliphatic rings. The van der Waals surface area contributed by atoms with Gasteiger partial charge in [-0.2, -0.15) is 0 Å². The van der Waals surface area contributed by atoms with E-state index in [1.807, 2.05) is 0 Å². The summed E-state index contributed by atoms with van der Waals surface area (Å²) in [6.45, 7) is 3.56. The zero-order valence-corrected chi connectivity index (χ0v) is 9.30. The number of rotatable bonds is 4. The molecule has 0 bridgehead atoms. The summed E-state index contributed by atoms with van der Waals surface area (Å²) in [6, 6.07) is 5.09. The lowest BCUT2D eigenvalue weighted by Gasteiger charge is -2.17. The number of aryl methyl sites for hydroxylation is 1. The summed E-state index contributed by atoms with van der Waals surface area (Å²) < 4.78 is 0. The molecule has 1 amide bonds. The lowest BCUT2D eigenvalue weighted by molar-refractivity contribution is -0.137. The van der Waals surface area contributed by atoms with Crippen molar-refractivity contribution in [3.63, 3.8) is 0 Å². The van der Waals surface area contributed by atoms with E-state index >= 15 is 0 Å². The van der Waals surface area contributed by atoms with E-state index in [0.29, 0.717) is 6.54 Å². The van der Waals surface area contributed by atoms with Crippen molar-refractivity contribution >= 4 is 11.9 Å². The topological polar surface area (TPSA) is 70.5 Å². The Balaban J connectivity index is 2.86. The van der Waals surface area contributed by atoms with E-state index in [0.717, 1.165) is 5.69 Å². The van der Waals surface area contributed by atoms with Crippen molar-refractivity contribution in [3.05, 3.63) is 29.6 Å². The normalized spacial score (nSPS) is 9.88. The Morgan fingerprint density at radius 1 is 1.44 bits per heavy atom. The first-order valence-corrected chi connectivity index (χ1v) is 4.99. The van der Waals surface area contributed by atoms with Gasteiger partial charge in [-0.05, 0) is 26.0 Å². The number of aromatic nitrogens is 1. The van der Waals surface area contributed by atoms with Crippen LogP contribution in [0.25, 0.3) is 0 Å².